The lowest BCUT2D eigenvalue weighted by Crippen LogP contribution is -2.39. The number of aromatic amines is 1. The van der Waals surface area contributed by atoms with Crippen molar-refractivity contribution in [3.63, 3.8) is 0 Å². The number of H-pyrrole nitrogens is 1. The SMILES string of the molecule is O=C(c1cccc2c3c([nH]c12)CCCC3)N1CCC(Cn2cncn2)CC1. The fraction of sp³-hybridized carbons (Fsp3) is 0.476. The quantitative estimate of drug-likeness (QED) is 0.777. The summed E-state index contributed by atoms with van der Waals surface area (Å²) in [5.41, 5.74) is 4.64. The number of hydrogen-bond donors (Lipinski definition) is 1. The van der Waals surface area contributed by atoms with E-state index in [1.807, 2.05) is 21.7 Å². The first-order chi connectivity index (χ1) is 13.3. The minimum atomic E-state index is 0.165. The molecular formula is C21H25N5O. The molecule has 1 fully saturated rings. The number of fused-ring (bicyclic) bond motifs is 3. The third kappa shape index (κ3) is 3.03. The van der Waals surface area contributed by atoms with E-state index >= 15 is 0 Å². The van der Waals surface area contributed by atoms with Crippen molar-refractivity contribution in [1.29, 1.82) is 0 Å². The predicted molar refractivity (Wildman–Crippen MR) is 104 cm³/mol. The van der Waals surface area contributed by atoms with Crippen LogP contribution in [0.1, 0.15) is 47.3 Å². The van der Waals surface area contributed by atoms with Crippen molar-refractivity contribution in [3.05, 3.63) is 47.7 Å². The van der Waals surface area contributed by atoms with Crippen molar-refractivity contribution >= 4 is 16.8 Å². The first-order valence-electron chi connectivity index (χ1n) is 10.0. The number of carbonyl (C=O) groups is 1. The summed E-state index contributed by atoms with van der Waals surface area (Å²) in [6.45, 7) is 2.52. The van der Waals surface area contributed by atoms with Crippen molar-refractivity contribution in [2.45, 2.75) is 45.1 Å². The normalized spacial score (nSPS) is 18.0. The van der Waals surface area contributed by atoms with Gasteiger partial charge in [-0.3, -0.25) is 9.48 Å². The van der Waals surface area contributed by atoms with E-state index < -0.39 is 0 Å². The highest BCUT2D eigenvalue weighted by molar-refractivity contribution is 6.06. The first-order valence-corrected chi connectivity index (χ1v) is 10.0. The summed E-state index contributed by atoms with van der Waals surface area (Å²) in [6.07, 6.45) is 10.1. The number of rotatable bonds is 3. The lowest BCUT2D eigenvalue weighted by Gasteiger charge is -2.32. The highest BCUT2D eigenvalue weighted by Crippen LogP contribution is 2.31. The number of piperidine rings is 1. The van der Waals surface area contributed by atoms with Gasteiger partial charge in [0.25, 0.3) is 5.91 Å². The summed E-state index contributed by atoms with van der Waals surface area (Å²) in [4.78, 5) is 22.8. The molecule has 1 aromatic carbocycles. The van der Waals surface area contributed by atoms with Crippen LogP contribution in [0.15, 0.2) is 30.9 Å². The summed E-state index contributed by atoms with van der Waals surface area (Å²) in [5.74, 6) is 0.725. The van der Waals surface area contributed by atoms with Gasteiger partial charge in [-0.05, 0) is 56.1 Å². The molecule has 1 aliphatic heterocycles. The topological polar surface area (TPSA) is 66.8 Å². The molecule has 6 nitrogen and oxygen atoms in total. The second kappa shape index (κ2) is 6.83. The van der Waals surface area contributed by atoms with Gasteiger partial charge in [0, 0.05) is 30.7 Å². The molecule has 0 radical (unpaired) electrons. The summed E-state index contributed by atoms with van der Waals surface area (Å²) >= 11 is 0. The number of likely N-dealkylation sites (tertiary alicyclic amines) is 1. The standard InChI is InChI=1S/C21H25N5O/c27-21(25-10-8-15(9-11-25)12-26-14-22-13-23-26)18-6-3-5-17-16-4-1-2-7-19(16)24-20(17)18/h3,5-6,13-15,24H,1-2,4,7-12H2. The number of nitrogens with one attached hydrogen (secondary N) is 1. The monoisotopic (exact) mass is 363 g/mol. The predicted octanol–water partition coefficient (Wildman–Crippen LogP) is 3.19. The number of nitrogens with zero attached hydrogens (tertiary/aromatic N) is 4. The Morgan fingerprint density at radius 3 is 2.85 bits per heavy atom. The number of para-hydroxylation sites is 1. The van der Waals surface area contributed by atoms with Crippen molar-refractivity contribution < 1.29 is 4.79 Å². The zero-order valence-corrected chi connectivity index (χ0v) is 15.5. The van der Waals surface area contributed by atoms with E-state index in [-0.39, 0.29) is 5.91 Å². The van der Waals surface area contributed by atoms with Gasteiger partial charge in [0.2, 0.25) is 0 Å². The largest absolute Gasteiger partial charge is 0.358 e. The van der Waals surface area contributed by atoms with Crippen LogP contribution in [0.4, 0.5) is 0 Å². The smallest absolute Gasteiger partial charge is 0.255 e. The Bertz CT molecular complexity index is 951. The molecule has 1 N–H and O–H groups in total. The van der Waals surface area contributed by atoms with Gasteiger partial charge in [-0.15, -0.1) is 0 Å². The molecule has 27 heavy (non-hydrogen) atoms. The number of hydrogen-bond acceptors (Lipinski definition) is 3. The van der Waals surface area contributed by atoms with Crippen molar-refractivity contribution in [1.82, 2.24) is 24.6 Å². The molecule has 1 aliphatic carbocycles. The van der Waals surface area contributed by atoms with E-state index in [0.29, 0.717) is 5.92 Å². The van der Waals surface area contributed by atoms with Gasteiger partial charge < -0.3 is 9.88 Å². The Hall–Kier alpha value is -2.63. The van der Waals surface area contributed by atoms with Crippen LogP contribution >= 0.6 is 0 Å². The Morgan fingerprint density at radius 2 is 2.04 bits per heavy atom. The zero-order chi connectivity index (χ0) is 18.2. The Morgan fingerprint density at radius 1 is 1.19 bits per heavy atom. The molecule has 0 spiro atoms. The molecular weight excluding hydrogens is 338 g/mol. The number of benzene rings is 1. The van der Waals surface area contributed by atoms with Gasteiger partial charge in [0.1, 0.15) is 12.7 Å². The highest BCUT2D eigenvalue weighted by atomic mass is 16.2. The lowest BCUT2D eigenvalue weighted by atomic mass is 9.94. The molecule has 140 valence electrons. The molecule has 2 aliphatic rings. The van der Waals surface area contributed by atoms with E-state index in [0.717, 1.165) is 56.4 Å². The Balaban J connectivity index is 1.33. The Labute approximate surface area is 158 Å². The molecule has 0 atom stereocenters. The van der Waals surface area contributed by atoms with Crippen LogP contribution in [0.5, 0.6) is 0 Å². The summed E-state index contributed by atoms with van der Waals surface area (Å²) in [5, 5.41) is 5.45. The third-order valence-electron chi connectivity index (χ3n) is 6.18. The van der Waals surface area contributed by atoms with Crippen molar-refractivity contribution in [3.8, 4) is 0 Å². The molecule has 6 heteroatoms. The number of aryl methyl sites for hydroxylation is 2. The van der Waals surface area contributed by atoms with Crippen LogP contribution in [0.2, 0.25) is 0 Å². The number of amides is 1. The molecule has 5 rings (SSSR count). The van der Waals surface area contributed by atoms with Gasteiger partial charge in [-0.2, -0.15) is 5.10 Å². The van der Waals surface area contributed by atoms with Gasteiger partial charge in [-0.1, -0.05) is 12.1 Å². The summed E-state index contributed by atoms with van der Waals surface area (Å²) in [6, 6.07) is 6.18. The van der Waals surface area contributed by atoms with Crippen LogP contribution < -0.4 is 0 Å². The minimum absolute atomic E-state index is 0.165. The van der Waals surface area contributed by atoms with Crippen LogP contribution in [0.3, 0.4) is 0 Å². The fourth-order valence-electron chi connectivity index (χ4n) is 4.69. The first kappa shape index (κ1) is 16.5. The second-order valence-electron chi connectivity index (χ2n) is 7.87. The molecule has 0 bridgehead atoms. The average molecular weight is 363 g/mol. The van der Waals surface area contributed by atoms with Gasteiger partial charge in [-0.25, -0.2) is 4.98 Å². The molecule has 3 aromatic rings. The molecule has 0 unspecified atom stereocenters. The van der Waals surface area contributed by atoms with E-state index in [1.165, 1.54) is 29.5 Å². The summed E-state index contributed by atoms with van der Waals surface area (Å²) < 4.78 is 1.90. The van der Waals surface area contributed by atoms with Gasteiger partial charge >= 0.3 is 0 Å². The van der Waals surface area contributed by atoms with Crippen LogP contribution in [0, 0.1) is 5.92 Å². The van der Waals surface area contributed by atoms with E-state index in [1.54, 1.807) is 12.7 Å². The third-order valence-corrected chi connectivity index (χ3v) is 6.18. The summed E-state index contributed by atoms with van der Waals surface area (Å²) in [7, 11) is 0. The minimum Gasteiger partial charge on any atom is -0.358 e. The van der Waals surface area contributed by atoms with Gasteiger partial charge in [0.15, 0.2) is 0 Å². The highest BCUT2D eigenvalue weighted by Gasteiger charge is 2.26. The van der Waals surface area contributed by atoms with Crippen molar-refractivity contribution in [2.75, 3.05) is 13.1 Å². The van der Waals surface area contributed by atoms with Crippen molar-refractivity contribution in [2.24, 2.45) is 5.92 Å². The van der Waals surface area contributed by atoms with Gasteiger partial charge in [0.05, 0.1) is 11.1 Å². The molecule has 1 amide bonds. The molecule has 0 saturated carbocycles. The lowest BCUT2D eigenvalue weighted by molar-refractivity contribution is 0.0683. The van der Waals surface area contributed by atoms with E-state index in [4.69, 9.17) is 0 Å². The second-order valence-corrected chi connectivity index (χ2v) is 7.87. The molecule has 1 saturated heterocycles. The zero-order valence-electron chi connectivity index (χ0n) is 15.5. The maximum Gasteiger partial charge on any atom is 0.255 e. The molecule has 3 heterocycles. The maximum atomic E-state index is 13.2. The van der Waals surface area contributed by atoms with Crippen LogP contribution in [0.25, 0.3) is 10.9 Å². The number of carbonyl (C=O) groups excluding carboxylic acids is 1. The number of aromatic nitrogens is 4. The fourth-order valence-corrected chi connectivity index (χ4v) is 4.69. The molecule has 2 aromatic heterocycles. The van der Waals surface area contributed by atoms with E-state index in [9.17, 15) is 4.79 Å². The van der Waals surface area contributed by atoms with E-state index in [2.05, 4.69) is 21.1 Å². The van der Waals surface area contributed by atoms with Crippen LogP contribution in [-0.2, 0) is 19.4 Å². The van der Waals surface area contributed by atoms with Crippen LogP contribution in [-0.4, -0.2) is 43.6 Å². The maximum absolute atomic E-state index is 13.2. The average Bonchev–Trinajstić information content (AvgIpc) is 3.35. The Kier molecular flexibility index (Phi) is 4.19.